The topological polar surface area (TPSA) is 81.3 Å². The molecule has 6 heteroatoms. The Labute approximate surface area is 170 Å². The fourth-order valence-corrected chi connectivity index (χ4v) is 4.05. The molecule has 2 heterocycles. The Hall–Kier alpha value is -3.15. The fraction of sp³-hybridized carbons (Fsp3) is 0.348. The third-order valence-corrected chi connectivity index (χ3v) is 5.92. The molecule has 1 aliphatic rings. The summed E-state index contributed by atoms with van der Waals surface area (Å²) in [5.41, 5.74) is 6.40. The van der Waals surface area contributed by atoms with Crippen LogP contribution in [0.3, 0.4) is 0 Å². The molecular weight excluding hydrogens is 364 g/mol. The number of hydrogen-bond acceptors (Lipinski definition) is 5. The molecule has 3 aromatic rings. The van der Waals surface area contributed by atoms with Gasteiger partial charge in [0.25, 0.3) is 0 Å². The molecule has 6 nitrogen and oxygen atoms in total. The van der Waals surface area contributed by atoms with Crippen molar-refractivity contribution in [1.29, 1.82) is 0 Å². The fourth-order valence-electron chi connectivity index (χ4n) is 4.05. The standard InChI is InChI=1S/C23H26N4O2/c1-22(2,3)23(29-21(24)28)10-11-27(14-23)20-13-19(25-15-26-20)18-9-8-16-6-4-5-7-17(16)12-18/h4-9,12-13,15H,10-11,14H2,1-3H3,(H2,24,28)/t23-/m0/s1. The minimum atomic E-state index is -0.735. The maximum atomic E-state index is 11.6. The molecule has 1 atom stereocenters. The zero-order valence-corrected chi connectivity index (χ0v) is 17.1. The quantitative estimate of drug-likeness (QED) is 0.717. The number of primary amides is 1. The molecule has 0 unspecified atom stereocenters. The van der Waals surface area contributed by atoms with Gasteiger partial charge in [0.05, 0.1) is 12.2 Å². The van der Waals surface area contributed by atoms with Gasteiger partial charge in [-0.15, -0.1) is 0 Å². The molecular formula is C23H26N4O2. The van der Waals surface area contributed by atoms with Crippen LogP contribution in [0.25, 0.3) is 22.0 Å². The predicted octanol–water partition coefficient (Wildman–Crippen LogP) is 4.39. The van der Waals surface area contributed by atoms with Gasteiger partial charge in [-0.2, -0.15) is 0 Å². The predicted molar refractivity (Wildman–Crippen MR) is 115 cm³/mol. The first-order valence-electron chi connectivity index (χ1n) is 9.82. The second-order valence-corrected chi connectivity index (χ2v) is 8.66. The summed E-state index contributed by atoms with van der Waals surface area (Å²) in [6.45, 7) is 7.49. The summed E-state index contributed by atoms with van der Waals surface area (Å²) >= 11 is 0. The molecule has 0 aliphatic carbocycles. The van der Waals surface area contributed by atoms with Gasteiger partial charge < -0.3 is 15.4 Å². The van der Waals surface area contributed by atoms with Gasteiger partial charge in [-0.3, -0.25) is 0 Å². The van der Waals surface area contributed by atoms with Gasteiger partial charge in [0.2, 0.25) is 0 Å². The number of nitrogens with two attached hydrogens (primary N) is 1. The van der Waals surface area contributed by atoms with Crippen molar-refractivity contribution >= 4 is 22.7 Å². The minimum Gasteiger partial charge on any atom is -0.441 e. The van der Waals surface area contributed by atoms with E-state index in [1.54, 1.807) is 6.33 Å². The summed E-state index contributed by atoms with van der Waals surface area (Å²) < 4.78 is 5.63. The highest BCUT2D eigenvalue weighted by molar-refractivity contribution is 5.86. The molecule has 0 saturated carbocycles. The highest BCUT2D eigenvalue weighted by atomic mass is 16.6. The summed E-state index contributed by atoms with van der Waals surface area (Å²) in [6, 6.07) is 16.6. The van der Waals surface area contributed by atoms with Gasteiger partial charge in [0.15, 0.2) is 0 Å². The van der Waals surface area contributed by atoms with E-state index in [4.69, 9.17) is 10.5 Å². The number of anilines is 1. The number of fused-ring (bicyclic) bond motifs is 1. The molecule has 2 N–H and O–H groups in total. The molecule has 1 aromatic heterocycles. The number of amides is 1. The number of benzene rings is 2. The monoisotopic (exact) mass is 390 g/mol. The van der Waals surface area contributed by atoms with Gasteiger partial charge in [-0.05, 0) is 16.8 Å². The van der Waals surface area contributed by atoms with Crippen LogP contribution in [-0.2, 0) is 4.74 Å². The normalized spacial score (nSPS) is 19.5. The maximum Gasteiger partial charge on any atom is 0.405 e. The average molecular weight is 390 g/mol. The largest absolute Gasteiger partial charge is 0.441 e. The van der Waals surface area contributed by atoms with E-state index in [-0.39, 0.29) is 5.41 Å². The van der Waals surface area contributed by atoms with Gasteiger partial charge in [-0.25, -0.2) is 14.8 Å². The van der Waals surface area contributed by atoms with Crippen LogP contribution < -0.4 is 10.6 Å². The molecule has 0 radical (unpaired) electrons. The van der Waals surface area contributed by atoms with E-state index < -0.39 is 11.7 Å². The SMILES string of the molecule is CC(C)(C)[C@]1(OC(N)=O)CCN(c2cc(-c3ccc4ccccc4c3)ncn2)C1. The van der Waals surface area contributed by atoms with E-state index in [1.165, 1.54) is 10.8 Å². The first kappa shape index (κ1) is 19.2. The lowest BCUT2D eigenvalue weighted by atomic mass is 9.75. The van der Waals surface area contributed by atoms with Crippen LogP contribution >= 0.6 is 0 Å². The lowest BCUT2D eigenvalue weighted by molar-refractivity contribution is -0.0476. The number of nitrogens with zero attached hydrogens (tertiary/aromatic N) is 3. The lowest BCUT2D eigenvalue weighted by Crippen LogP contribution is -2.50. The second kappa shape index (κ2) is 7.03. The van der Waals surface area contributed by atoms with E-state index >= 15 is 0 Å². The Bertz CT molecular complexity index is 1060. The maximum absolute atomic E-state index is 11.6. The highest BCUT2D eigenvalue weighted by Crippen LogP contribution is 2.42. The van der Waals surface area contributed by atoms with E-state index in [0.717, 1.165) is 23.6 Å². The Morgan fingerprint density at radius 3 is 2.59 bits per heavy atom. The van der Waals surface area contributed by atoms with Crippen molar-refractivity contribution in [2.24, 2.45) is 11.1 Å². The van der Waals surface area contributed by atoms with Crippen LogP contribution in [-0.4, -0.2) is 34.8 Å². The van der Waals surface area contributed by atoms with Crippen molar-refractivity contribution in [3.63, 3.8) is 0 Å². The van der Waals surface area contributed by atoms with Crippen LogP contribution in [0.4, 0.5) is 10.6 Å². The Morgan fingerprint density at radius 1 is 1.10 bits per heavy atom. The zero-order valence-electron chi connectivity index (χ0n) is 17.1. The molecule has 1 fully saturated rings. The van der Waals surface area contributed by atoms with Crippen LogP contribution in [0, 0.1) is 5.41 Å². The molecule has 150 valence electrons. The minimum absolute atomic E-state index is 0.245. The summed E-state index contributed by atoms with van der Waals surface area (Å²) in [6.07, 6.45) is 1.56. The molecule has 0 bridgehead atoms. The summed E-state index contributed by atoms with van der Waals surface area (Å²) in [7, 11) is 0. The van der Waals surface area contributed by atoms with Crippen molar-refractivity contribution in [3.05, 3.63) is 54.9 Å². The first-order valence-corrected chi connectivity index (χ1v) is 9.82. The summed E-state index contributed by atoms with van der Waals surface area (Å²) in [4.78, 5) is 22.6. The van der Waals surface area contributed by atoms with Crippen LogP contribution in [0.5, 0.6) is 0 Å². The number of hydrogen-bond donors (Lipinski definition) is 1. The van der Waals surface area contributed by atoms with Gasteiger partial charge in [0, 0.05) is 30.0 Å². The van der Waals surface area contributed by atoms with Crippen molar-refractivity contribution in [1.82, 2.24) is 9.97 Å². The van der Waals surface area contributed by atoms with Crippen molar-refractivity contribution in [2.75, 3.05) is 18.0 Å². The Kier molecular flexibility index (Phi) is 4.65. The average Bonchev–Trinajstić information content (AvgIpc) is 3.12. The van der Waals surface area contributed by atoms with Gasteiger partial charge >= 0.3 is 6.09 Å². The van der Waals surface area contributed by atoms with E-state index in [1.807, 2.05) is 18.2 Å². The summed E-state index contributed by atoms with van der Waals surface area (Å²) in [5, 5.41) is 2.37. The highest BCUT2D eigenvalue weighted by Gasteiger charge is 2.50. The first-order chi connectivity index (χ1) is 13.8. The van der Waals surface area contributed by atoms with E-state index in [2.05, 4.69) is 66.0 Å². The molecule has 0 spiro atoms. The smallest absolute Gasteiger partial charge is 0.405 e. The van der Waals surface area contributed by atoms with Crippen LogP contribution in [0.2, 0.25) is 0 Å². The van der Waals surface area contributed by atoms with Crippen molar-refractivity contribution in [2.45, 2.75) is 32.8 Å². The van der Waals surface area contributed by atoms with Crippen molar-refractivity contribution in [3.8, 4) is 11.3 Å². The molecule has 4 rings (SSSR count). The second-order valence-electron chi connectivity index (χ2n) is 8.66. The number of ether oxygens (including phenoxy) is 1. The Morgan fingerprint density at radius 2 is 1.86 bits per heavy atom. The van der Waals surface area contributed by atoms with E-state index in [9.17, 15) is 4.79 Å². The van der Waals surface area contributed by atoms with E-state index in [0.29, 0.717) is 13.0 Å². The number of carbonyl (C=O) groups excluding carboxylic acids is 1. The zero-order chi connectivity index (χ0) is 20.6. The third kappa shape index (κ3) is 3.62. The molecule has 2 aromatic carbocycles. The lowest BCUT2D eigenvalue weighted by Gasteiger charge is -2.40. The molecule has 29 heavy (non-hydrogen) atoms. The Balaban J connectivity index is 1.64. The molecule has 1 amide bonds. The van der Waals surface area contributed by atoms with Gasteiger partial charge in [0.1, 0.15) is 17.7 Å². The van der Waals surface area contributed by atoms with Crippen LogP contribution in [0.1, 0.15) is 27.2 Å². The number of carbonyl (C=O) groups is 1. The van der Waals surface area contributed by atoms with Crippen LogP contribution in [0.15, 0.2) is 54.9 Å². The number of rotatable bonds is 3. The van der Waals surface area contributed by atoms with Gasteiger partial charge in [-0.1, -0.05) is 57.2 Å². The number of aromatic nitrogens is 2. The molecule has 1 saturated heterocycles. The third-order valence-electron chi connectivity index (χ3n) is 5.92. The molecule has 1 aliphatic heterocycles. The summed E-state index contributed by atoms with van der Waals surface area (Å²) in [5.74, 6) is 0.822. The van der Waals surface area contributed by atoms with Crippen molar-refractivity contribution < 1.29 is 9.53 Å².